The fourth-order valence-electron chi connectivity index (χ4n) is 2.71. The molecular formula is C18H19ClN4O5S3. The number of carbonyl (C=O) groups excluding carboxylic acids is 1. The highest BCUT2D eigenvalue weighted by Crippen LogP contribution is 2.35. The van der Waals surface area contributed by atoms with E-state index in [9.17, 15) is 23.1 Å². The highest BCUT2D eigenvalue weighted by molar-refractivity contribution is 7.91. The smallest absolute Gasteiger partial charge is 0.283 e. The fraction of sp³-hybridized carbons (Fsp3) is 0.278. The number of hydrogen-bond acceptors (Lipinski definition) is 8. The van der Waals surface area contributed by atoms with Crippen molar-refractivity contribution in [2.75, 3.05) is 5.32 Å². The molecule has 1 amide bonds. The molecule has 0 fully saturated rings. The van der Waals surface area contributed by atoms with Crippen molar-refractivity contribution in [3.63, 3.8) is 0 Å². The van der Waals surface area contributed by atoms with Crippen LogP contribution in [0.5, 0.6) is 5.75 Å². The van der Waals surface area contributed by atoms with E-state index in [1.165, 1.54) is 17.4 Å². The van der Waals surface area contributed by atoms with Crippen molar-refractivity contribution in [3.8, 4) is 16.3 Å². The Hall–Kier alpha value is -2.25. The molecule has 166 valence electrons. The zero-order chi connectivity index (χ0) is 22.9. The summed E-state index contributed by atoms with van der Waals surface area (Å²) in [4.78, 5) is 26.5. The highest BCUT2D eigenvalue weighted by atomic mass is 35.5. The molecule has 3 aromatic heterocycles. The zero-order valence-electron chi connectivity index (χ0n) is 16.5. The van der Waals surface area contributed by atoms with Crippen LogP contribution in [0.25, 0.3) is 10.6 Å². The van der Waals surface area contributed by atoms with E-state index in [-0.39, 0.29) is 32.4 Å². The van der Waals surface area contributed by atoms with Crippen LogP contribution in [-0.2, 0) is 16.6 Å². The molecular weight excluding hydrogens is 484 g/mol. The van der Waals surface area contributed by atoms with Crippen LogP contribution < -0.4 is 16.0 Å². The van der Waals surface area contributed by atoms with Crippen molar-refractivity contribution < 1.29 is 18.3 Å². The molecule has 0 saturated carbocycles. The normalized spacial score (nSPS) is 11.8. The van der Waals surface area contributed by atoms with E-state index in [4.69, 9.17) is 16.7 Å². The standard InChI is InChI=1S/C18H19ClN4O5S3/c1-9(2)5-6-23-17(26)13(15(24)14(22-23)11-4-3-7-29-11)16(25)21-10-8-12(19)30-18(10)31(20,27)28/h3-4,7-9,24H,5-6H2,1-2H3,(H,21,25)(H2,20,27,28). The largest absolute Gasteiger partial charge is 0.505 e. The van der Waals surface area contributed by atoms with Crippen molar-refractivity contribution in [2.24, 2.45) is 11.1 Å². The van der Waals surface area contributed by atoms with Gasteiger partial charge in [-0.1, -0.05) is 31.5 Å². The van der Waals surface area contributed by atoms with Gasteiger partial charge in [0.15, 0.2) is 15.5 Å². The lowest BCUT2D eigenvalue weighted by Crippen LogP contribution is -2.32. The third-order valence-corrected chi connectivity index (χ3v) is 7.82. The number of hydrogen-bond donors (Lipinski definition) is 3. The zero-order valence-corrected chi connectivity index (χ0v) is 19.7. The molecule has 31 heavy (non-hydrogen) atoms. The van der Waals surface area contributed by atoms with E-state index >= 15 is 0 Å². The number of rotatable bonds is 7. The Bertz CT molecular complexity index is 1280. The summed E-state index contributed by atoms with van der Waals surface area (Å²) in [6.07, 6.45) is 0.623. The van der Waals surface area contributed by atoms with Gasteiger partial charge in [0.2, 0.25) is 10.0 Å². The molecule has 0 aromatic carbocycles. The molecule has 0 spiro atoms. The summed E-state index contributed by atoms with van der Waals surface area (Å²) in [5.41, 5.74) is -1.44. The minimum atomic E-state index is -4.17. The van der Waals surface area contributed by atoms with Gasteiger partial charge in [-0.2, -0.15) is 5.10 Å². The molecule has 0 atom stereocenters. The Labute approximate surface area is 191 Å². The third kappa shape index (κ3) is 5.15. The van der Waals surface area contributed by atoms with E-state index < -0.39 is 32.8 Å². The first-order valence-electron chi connectivity index (χ1n) is 9.00. The third-order valence-electron chi connectivity index (χ3n) is 4.20. The number of thiophene rings is 2. The number of nitrogens with two attached hydrogens (primary N) is 1. The van der Waals surface area contributed by atoms with Crippen molar-refractivity contribution in [1.29, 1.82) is 0 Å². The summed E-state index contributed by atoms with van der Waals surface area (Å²) in [6.45, 7) is 4.20. The second-order valence-electron chi connectivity index (χ2n) is 7.01. The SMILES string of the molecule is CC(C)CCn1nc(-c2cccs2)c(O)c(C(=O)Nc2cc(Cl)sc2S(N)(=O)=O)c1=O. The topological polar surface area (TPSA) is 144 Å². The molecule has 3 rings (SSSR count). The van der Waals surface area contributed by atoms with Gasteiger partial charge in [-0.3, -0.25) is 9.59 Å². The van der Waals surface area contributed by atoms with Gasteiger partial charge in [0.1, 0.15) is 5.69 Å². The number of anilines is 1. The van der Waals surface area contributed by atoms with Gasteiger partial charge in [0, 0.05) is 6.54 Å². The van der Waals surface area contributed by atoms with Crippen LogP contribution in [0.15, 0.2) is 32.6 Å². The first-order chi connectivity index (χ1) is 14.5. The summed E-state index contributed by atoms with van der Waals surface area (Å²) in [5.74, 6) is -1.32. The summed E-state index contributed by atoms with van der Waals surface area (Å²) in [7, 11) is -4.17. The average molecular weight is 503 g/mol. The second kappa shape index (κ2) is 9.09. The van der Waals surface area contributed by atoms with Crippen LogP contribution in [0.1, 0.15) is 30.6 Å². The number of nitrogens with zero attached hydrogens (tertiary/aromatic N) is 2. The first-order valence-corrected chi connectivity index (χ1v) is 12.6. The maximum atomic E-state index is 13.0. The number of aromatic nitrogens is 2. The summed E-state index contributed by atoms with van der Waals surface area (Å²) >= 11 is 7.82. The predicted octanol–water partition coefficient (Wildman–Crippen LogP) is 3.34. The quantitative estimate of drug-likeness (QED) is 0.452. The molecule has 0 aliphatic rings. The van der Waals surface area contributed by atoms with Crippen molar-refractivity contribution in [1.82, 2.24) is 9.78 Å². The van der Waals surface area contributed by atoms with Crippen LogP contribution in [0.3, 0.4) is 0 Å². The van der Waals surface area contributed by atoms with Crippen molar-refractivity contribution in [3.05, 3.63) is 43.8 Å². The number of nitrogens with one attached hydrogen (secondary N) is 1. The van der Waals surface area contributed by atoms with Crippen molar-refractivity contribution in [2.45, 2.75) is 31.0 Å². The lowest BCUT2D eigenvalue weighted by atomic mass is 10.1. The number of carbonyl (C=O) groups is 1. The fourth-order valence-corrected chi connectivity index (χ4v) is 5.62. The van der Waals surface area contributed by atoms with Gasteiger partial charge in [0.25, 0.3) is 11.5 Å². The number of aromatic hydroxyl groups is 1. The number of aryl methyl sites for hydroxylation is 1. The Balaban J connectivity index is 2.11. The highest BCUT2D eigenvalue weighted by Gasteiger charge is 2.27. The maximum absolute atomic E-state index is 13.0. The molecule has 3 heterocycles. The van der Waals surface area contributed by atoms with Crippen LogP contribution in [0.2, 0.25) is 4.34 Å². The number of halogens is 1. The van der Waals surface area contributed by atoms with Gasteiger partial charge in [-0.05, 0) is 29.9 Å². The monoisotopic (exact) mass is 502 g/mol. The summed E-state index contributed by atoms with van der Waals surface area (Å²) in [5, 5.41) is 24.3. The minimum Gasteiger partial charge on any atom is -0.505 e. The van der Waals surface area contributed by atoms with Gasteiger partial charge in [0.05, 0.1) is 14.9 Å². The molecule has 0 unspecified atom stereocenters. The second-order valence-corrected chi connectivity index (χ2v) is 11.4. The van der Waals surface area contributed by atoms with Crippen LogP contribution >= 0.6 is 34.3 Å². The number of sulfonamides is 1. The summed E-state index contributed by atoms with van der Waals surface area (Å²) in [6, 6.07) is 4.65. The Morgan fingerprint density at radius 1 is 1.42 bits per heavy atom. The predicted molar refractivity (Wildman–Crippen MR) is 122 cm³/mol. The lowest BCUT2D eigenvalue weighted by molar-refractivity contribution is 0.102. The first kappa shape index (κ1) is 23.4. The molecule has 0 bridgehead atoms. The lowest BCUT2D eigenvalue weighted by Gasteiger charge is -2.13. The maximum Gasteiger partial charge on any atom is 0.283 e. The molecule has 0 radical (unpaired) electrons. The van der Waals surface area contributed by atoms with E-state index in [1.807, 2.05) is 13.8 Å². The Morgan fingerprint density at radius 2 is 2.13 bits per heavy atom. The van der Waals surface area contributed by atoms with E-state index in [0.717, 1.165) is 4.68 Å². The molecule has 0 saturated heterocycles. The van der Waals surface area contributed by atoms with Crippen LogP contribution in [-0.4, -0.2) is 29.2 Å². The van der Waals surface area contributed by atoms with Crippen molar-refractivity contribution >= 4 is 55.9 Å². The molecule has 13 heteroatoms. The number of primary sulfonamides is 1. The molecule has 0 aliphatic carbocycles. The molecule has 9 nitrogen and oxygen atoms in total. The van der Waals surface area contributed by atoms with E-state index in [0.29, 0.717) is 22.6 Å². The Kier molecular flexibility index (Phi) is 6.86. The average Bonchev–Trinajstić information content (AvgIpc) is 3.30. The molecule has 4 N–H and O–H groups in total. The van der Waals surface area contributed by atoms with Gasteiger partial charge < -0.3 is 10.4 Å². The Morgan fingerprint density at radius 3 is 2.71 bits per heavy atom. The van der Waals surface area contributed by atoms with Gasteiger partial charge >= 0.3 is 0 Å². The van der Waals surface area contributed by atoms with E-state index in [2.05, 4.69) is 10.4 Å². The molecule has 3 aromatic rings. The van der Waals surface area contributed by atoms with Crippen LogP contribution in [0.4, 0.5) is 5.69 Å². The summed E-state index contributed by atoms with van der Waals surface area (Å²) < 4.78 is 24.4. The molecule has 0 aliphatic heterocycles. The van der Waals surface area contributed by atoms with Gasteiger partial charge in [-0.25, -0.2) is 18.2 Å². The van der Waals surface area contributed by atoms with Crippen LogP contribution in [0, 0.1) is 5.92 Å². The van der Waals surface area contributed by atoms with E-state index in [1.54, 1.807) is 17.5 Å². The van der Waals surface area contributed by atoms with Gasteiger partial charge in [-0.15, -0.1) is 22.7 Å². The number of amides is 1. The minimum absolute atomic E-state index is 0.0758.